The highest BCUT2D eigenvalue weighted by molar-refractivity contribution is 9.10. The number of hydrogen-bond donors (Lipinski definition) is 1. The van der Waals surface area contributed by atoms with Gasteiger partial charge in [-0.25, -0.2) is 15.0 Å². The van der Waals surface area contributed by atoms with Gasteiger partial charge in [0.1, 0.15) is 0 Å². The number of ether oxygens (including phenoxy) is 1. The summed E-state index contributed by atoms with van der Waals surface area (Å²) in [4.78, 5) is 24.5. The van der Waals surface area contributed by atoms with E-state index < -0.39 is 36.5 Å². The van der Waals surface area contributed by atoms with E-state index in [1.165, 1.54) is 13.0 Å². The van der Waals surface area contributed by atoms with Gasteiger partial charge in [-0.15, -0.1) is 5.10 Å². The smallest absolute Gasteiger partial charge is 0.422 e. The zero-order valence-electron chi connectivity index (χ0n) is 16.7. The molecule has 3 rings (SSSR count). The molecule has 1 amide bonds. The SMILES string of the molecule is CC(NC(=O)c1cc(Br)cc(C(F)(F)F)c1)c1nc(Br)nn1-c1ncc(OCC(F)(F)F)cn1. The Labute approximate surface area is 204 Å². The van der Waals surface area contributed by atoms with Crippen molar-refractivity contribution in [2.75, 3.05) is 6.61 Å². The molecule has 34 heavy (non-hydrogen) atoms. The van der Waals surface area contributed by atoms with Gasteiger partial charge in [-0.3, -0.25) is 4.79 Å². The van der Waals surface area contributed by atoms with Gasteiger partial charge in [-0.05, 0) is 41.1 Å². The number of rotatable bonds is 6. The fourth-order valence-electron chi connectivity index (χ4n) is 2.61. The van der Waals surface area contributed by atoms with Crippen LogP contribution >= 0.6 is 31.9 Å². The number of amides is 1. The number of nitrogens with one attached hydrogen (secondary N) is 1. The number of benzene rings is 1. The van der Waals surface area contributed by atoms with Gasteiger partial charge in [0, 0.05) is 10.0 Å². The summed E-state index contributed by atoms with van der Waals surface area (Å²) < 4.78 is 81.8. The molecule has 0 saturated heterocycles. The second kappa shape index (κ2) is 9.85. The number of alkyl halides is 6. The Morgan fingerprint density at radius 2 is 1.76 bits per heavy atom. The molecular weight excluding hydrogens is 606 g/mol. The molecule has 1 N–H and O–H groups in total. The van der Waals surface area contributed by atoms with Crippen LogP contribution in [0.3, 0.4) is 0 Å². The summed E-state index contributed by atoms with van der Waals surface area (Å²) in [6.07, 6.45) is -7.19. The van der Waals surface area contributed by atoms with Gasteiger partial charge in [-0.2, -0.15) is 31.0 Å². The molecule has 1 aromatic carbocycles. The van der Waals surface area contributed by atoms with Gasteiger partial charge in [0.25, 0.3) is 11.9 Å². The first-order valence-electron chi connectivity index (χ1n) is 9.06. The summed E-state index contributed by atoms with van der Waals surface area (Å²) >= 11 is 6.03. The molecular formula is C18H12Br2F6N6O2. The topological polar surface area (TPSA) is 94.8 Å². The Bertz CT molecular complexity index is 1180. The summed E-state index contributed by atoms with van der Waals surface area (Å²) in [5.41, 5.74) is -1.26. The third-order valence-electron chi connectivity index (χ3n) is 4.03. The summed E-state index contributed by atoms with van der Waals surface area (Å²) in [6, 6.07) is 1.88. The summed E-state index contributed by atoms with van der Waals surface area (Å²) in [5, 5.41) is 6.54. The van der Waals surface area contributed by atoms with Gasteiger partial charge in [0.15, 0.2) is 18.2 Å². The van der Waals surface area contributed by atoms with E-state index in [2.05, 4.69) is 62.0 Å². The molecule has 16 heteroatoms. The Morgan fingerprint density at radius 3 is 2.35 bits per heavy atom. The predicted molar refractivity (Wildman–Crippen MR) is 111 cm³/mol. The van der Waals surface area contributed by atoms with Crippen LogP contribution in [0.25, 0.3) is 5.95 Å². The molecule has 0 spiro atoms. The minimum absolute atomic E-state index is 0.0623. The van der Waals surface area contributed by atoms with Crippen LogP contribution in [0, 0.1) is 0 Å². The number of hydrogen-bond acceptors (Lipinski definition) is 6. The molecule has 0 fully saturated rings. The molecule has 2 aromatic heterocycles. The van der Waals surface area contributed by atoms with E-state index in [0.717, 1.165) is 23.1 Å². The van der Waals surface area contributed by atoms with Crippen LogP contribution in [0.4, 0.5) is 26.3 Å². The maximum Gasteiger partial charge on any atom is 0.422 e. The van der Waals surface area contributed by atoms with Crippen molar-refractivity contribution >= 4 is 37.8 Å². The minimum atomic E-state index is -4.65. The second-order valence-corrected chi connectivity index (χ2v) is 8.32. The van der Waals surface area contributed by atoms with Gasteiger partial charge in [0.2, 0.25) is 4.73 Å². The Morgan fingerprint density at radius 1 is 1.12 bits per heavy atom. The molecule has 8 nitrogen and oxygen atoms in total. The maximum absolute atomic E-state index is 13.1. The lowest BCUT2D eigenvalue weighted by Crippen LogP contribution is -2.29. The van der Waals surface area contributed by atoms with Gasteiger partial charge < -0.3 is 10.1 Å². The number of carbonyl (C=O) groups excluding carboxylic acids is 1. The molecule has 1 atom stereocenters. The zero-order chi connectivity index (χ0) is 25.3. The first-order chi connectivity index (χ1) is 15.7. The predicted octanol–water partition coefficient (Wildman–Crippen LogP) is 5.03. The van der Waals surface area contributed by atoms with Crippen molar-refractivity contribution in [1.29, 1.82) is 0 Å². The van der Waals surface area contributed by atoms with Crippen LogP contribution in [-0.4, -0.2) is 43.4 Å². The Kier molecular flexibility index (Phi) is 7.50. The first-order valence-corrected chi connectivity index (χ1v) is 10.6. The van der Waals surface area contributed by atoms with Crippen molar-refractivity contribution < 1.29 is 35.9 Å². The highest BCUT2D eigenvalue weighted by atomic mass is 79.9. The van der Waals surface area contributed by atoms with E-state index in [0.29, 0.717) is 6.07 Å². The van der Waals surface area contributed by atoms with E-state index in [1.54, 1.807) is 0 Å². The second-order valence-electron chi connectivity index (χ2n) is 6.69. The third kappa shape index (κ3) is 6.65. The molecule has 3 aromatic rings. The molecule has 0 saturated carbocycles. The fraction of sp³-hybridized carbons (Fsp3) is 0.278. The zero-order valence-corrected chi connectivity index (χ0v) is 19.9. The molecule has 0 bridgehead atoms. The van der Waals surface area contributed by atoms with Crippen molar-refractivity contribution in [2.45, 2.75) is 25.3 Å². The number of halogens is 8. The lowest BCUT2D eigenvalue weighted by atomic mass is 10.1. The van der Waals surface area contributed by atoms with Crippen molar-refractivity contribution in [3.63, 3.8) is 0 Å². The average molecular weight is 618 g/mol. The molecule has 0 aliphatic carbocycles. The van der Waals surface area contributed by atoms with Crippen LogP contribution < -0.4 is 10.1 Å². The molecule has 0 aliphatic rings. The molecule has 182 valence electrons. The van der Waals surface area contributed by atoms with Crippen LogP contribution in [0.2, 0.25) is 0 Å². The number of nitrogens with zero attached hydrogens (tertiary/aromatic N) is 5. The third-order valence-corrected chi connectivity index (χ3v) is 4.83. The van der Waals surface area contributed by atoms with Crippen molar-refractivity contribution in [2.24, 2.45) is 0 Å². The molecule has 2 heterocycles. The highest BCUT2D eigenvalue weighted by Crippen LogP contribution is 2.32. The maximum atomic E-state index is 13.1. The first kappa shape index (κ1) is 25.9. The molecule has 0 radical (unpaired) electrons. The average Bonchev–Trinajstić information content (AvgIpc) is 3.13. The van der Waals surface area contributed by atoms with Crippen LogP contribution in [0.5, 0.6) is 5.75 Å². The summed E-state index contributed by atoms with van der Waals surface area (Å²) in [6.45, 7) is -0.0289. The molecule has 0 aliphatic heterocycles. The number of carbonyl (C=O) groups is 1. The lowest BCUT2D eigenvalue weighted by Gasteiger charge is -2.15. The summed E-state index contributed by atoms with van der Waals surface area (Å²) in [7, 11) is 0. The fourth-order valence-corrected chi connectivity index (χ4v) is 3.45. The van der Waals surface area contributed by atoms with Gasteiger partial charge in [-0.1, -0.05) is 15.9 Å². The van der Waals surface area contributed by atoms with E-state index in [4.69, 9.17) is 0 Å². The normalized spacial score (nSPS) is 13.0. The summed E-state index contributed by atoms with van der Waals surface area (Å²) in [5.74, 6) is -1.06. The van der Waals surface area contributed by atoms with Crippen LogP contribution in [0.15, 0.2) is 39.8 Å². The Balaban J connectivity index is 1.80. The van der Waals surface area contributed by atoms with Gasteiger partial charge >= 0.3 is 12.4 Å². The minimum Gasteiger partial charge on any atom is -0.481 e. The van der Waals surface area contributed by atoms with Crippen molar-refractivity contribution in [1.82, 2.24) is 30.0 Å². The standard InChI is InChI=1S/C18H12Br2F6N6O2/c1-8(29-14(33)9-2-10(18(24,25)26)4-11(19)3-9)13-30-15(20)31-32(13)16-27-5-12(6-28-16)34-7-17(21,22)23/h2-6,8H,7H2,1H3,(H,29,33). The van der Waals surface area contributed by atoms with E-state index >= 15 is 0 Å². The van der Waals surface area contributed by atoms with Crippen LogP contribution in [0.1, 0.15) is 34.7 Å². The van der Waals surface area contributed by atoms with Crippen LogP contribution in [-0.2, 0) is 6.18 Å². The van der Waals surface area contributed by atoms with E-state index in [1.807, 2.05) is 0 Å². The lowest BCUT2D eigenvalue weighted by molar-refractivity contribution is -0.153. The largest absolute Gasteiger partial charge is 0.481 e. The monoisotopic (exact) mass is 616 g/mol. The highest BCUT2D eigenvalue weighted by Gasteiger charge is 2.32. The van der Waals surface area contributed by atoms with E-state index in [-0.39, 0.29) is 32.3 Å². The molecule has 1 unspecified atom stereocenters. The van der Waals surface area contributed by atoms with Crippen molar-refractivity contribution in [3.8, 4) is 11.7 Å². The van der Waals surface area contributed by atoms with Crippen molar-refractivity contribution in [3.05, 3.63) is 56.8 Å². The quantitative estimate of drug-likeness (QED) is 0.390. The number of aromatic nitrogens is 5. The van der Waals surface area contributed by atoms with Gasteiger partial charge in [0.05, 0.1) is 24.0 Å². The Hall–Kier alpha value is -2.75. The van der Waals surface area contributed by atoms with E-state index in [9.17, 15) is 31.1 Å².